The second-order valence-electron chi connectivity index (χ2n) is 5.18. The van der Waals surface area contributed by atoms with E-state index < -0.39 is 10.0 Å². The van der Waals surface area contributed by atoms with Crippen molar-refractivity contribution in [1.29, 1.82) is 0 Å². The molecule has 0 radical (unpaired) electrons. The standard InChI is InChI=1S/C14H21N3O3S.ClH/c1-15-21(19,20)13-4-2-3-12(10-13)17-14(18)9-11-5-7-16-8-6-11;/h2-4,10-11,15-16H,5-9H2,1H3,(H,17,18);1H. The number of carbonyl (C=O) groups is 1. The van der Waals surface area contributed by atoms with Crippen molar-refractivity contribution in [2.24, 2.45) is 5.92 Å². The van der Waals surface area contributed by atoms with Gasteiger partial charge in [0.1, 0.15) is 0 Å². The summed E-state index contributed by atoms with van der Waals surface area (Å²) < 4.78 is 25.7. The minimum Gasteiger partial charge on any atom is -0.326 e. The van der Waals surface area contributed by atoms with E-state index >= 15 is 0 Å². The molecule has 0 aliphatic carbocycles. The molecule has 0 atom stereocenters. The average Bonchev–Trinajstić information content (AvgIpc) is 2.48. The lowest BCUT2D eigenvalue weighted by Crippen LogP contribution is -2.30. The van der Waals surface area contributed by atoms with Crippen molar-refractivity contribution in [3.05, 3.63) is 24.3 Å². The summed E-state index contributed by atoms with van der Waals surface area (Å²) in [5, 5.41) is 6.04. The van der Waals surface area contributed by atoms with Gasteiger partial charge >= 0.3 is 0 Å². The Balaban J connectivity index is 0.00000242. The smallest absolute Gasteiger partial charge is 0.240 e. The molecule has 1 fully saturated rings. The molecule has 0 saturated carbocycles. The first kappa shape index (κ1) is 18.9. The van der Waals surface area contributed by atoms with Crippen LogP contribution in [0.4, 0.5) is 5.69 Å². The van der Waals surface area contributed by atoms with Gasteiger partial charge in [-0.05, 0) is 57.1 Å². The fourth-order valence-electron chi connectivity index (χ4n) is 2.42. The van der Waals surface area contributed by atoms with Crippen molar-refractivity contribution in [1.82, 2.24) is 10.0 Å². The van der Waals surface area contributed by atoms with Gasteiger partial charge in [0.2, 0.25) is 15.9 Å². The van der Waals surface area contributed by atoms with Crippen LogP contribution in [0.2, 0.25) is 0 Å². The van der Waals surface area contributed by atoms with Crippen LogP contribution in [0, 0.1) is 5.92 Å². The Hall–Kier alpha value is -1.15. The predicted octanol–water partition coefficient (Wildman–Crippen LogP) is 1.34. The number of piperidine rings is 1. The van der Waals surface area contributed by atoms with Crippen molar-refractivity contribution in [2.75, 3.05) is 25.5 Å². The fraction of sp³-hybridized carbons (Fsp3) is 0.500. The van der Waals surface area contributed by atoms with Gasteiger partial charge < -0.3 is 10.6 Å². The van der Waals surface area contributed by atoms with Gasteiger partial charge in [-0.2, -0.15) is 0 Å². The Morgan fingerprint density at radius 2 is 2.00 bits per heavy atom. The molecule has 8 heteroatoms. The summed E-state index contributed by atoms with van der Waals surface area (Å²) >= 11 is 0. The zero-order valence-electron chi connectivity index (χ0n) is 12.5. The summed E-state index contributed by atoms with van der Waals surface area (Å²) in [5.74, 6) is 0.330. The summed E-state index contributed by atoms with van der Waals surface area (Å²) in [5.41, 5.74) is 0.505. The number of benzene rings is 1. The monoisotopic (exact) mass is 347 g/mol. The van der Waals surface area contributed by atoms with E-state index in [1.165, 1.54) is 19.2 Å². The van der Waals surface area contributed by atoms with Crippen molar-refractivity contribution in [3.63, 3.8) is 0 Å². The van der Waals surface area contributed by atoms with E-state index in [0.29, 0.717) is 18.0 Å². The van der Waals surface area contributed by atoms with E-state index in [0.717, 1.165) is 25.9 Å². The maximum absolute atomic E-state index is 12.0. The van der Waals surface area contributed by atoms with Crippen LogP contribution in [0.15, 0.2) is 29.2 Å². The molecule has 1 heterocycles. The third kappa shape index (κ3) is 5.24. The molecule has 1 saturated heterocycles. The summed E-state index contributed by atoms with van der Waals surface area (Å²) in [6, 6.07) is 6.26. The predicted molar refractivity (Wildman–Crippen MR) is 88.8 cm³/mol. The highest BCUT2D eigenvalue weighted by Crippen LogP contribution is 2.19. The van der Waals surface area contributed by atoms with Gasteiger partial charge in [-0.25, -0.2) is 13.1 Å². The summed E-state index contributed by atoms with van der Waals surface area (Å²) in [6.07, 6.45) is 2.48. The number of amides is 1. The molecule has 1 amide bonds. The minimum atomic E-state index is -3.49. The van der Waals surface area contributed by atoms with E-state index in [1.54, 1.807) is 12.1 Å². The van der Waals surface area contributed by atoms with E-state index in [4.69, 9.17) is 0 Å². The van der Waals surface area contributed by atoms with Crippen molar-refractivity contribution < 1.29 is 13.2 Å². The SMILES string of the molecule is CNS(=O)(=O)c1cccc(NC(=O)CC2CCNCC2)c1.Cl. The first-order valence-electron chi connectivity index (χ1n) is 7.05. The van der Waals surface area contributed by atoms with Crippen molar-refractivity contribution in [2.45, 2.75) is 24.2 Å². The number of anilines is 1. The van der Waals surface area contributed by atoms with Gasteiger partial charge in [0.25, 0.3) is 0 Å². The van der Waals surface area contributed by atoms with Crippen LogP contribution >= 0.6 is 12.4 Å². The van der Waals surface area contributed by atoms with Gasteiger partial charge in [0.15, 0.2) is 0 Å². The second-order valence-corrected chi connectivity index (χ2v) is 7.07. The highest BCUT2D eigenvalue weighted by Gasteiger charge is 2.17. The van der Waals surface area contributed by atoms with E-state index in [9.17, 15) is 13.2 Å². The highest BCUT2D eigenvalue weighted by atomic mass is 35.5. The quantitative estimate of drug-likeness (QED) is 0.750. The molecule has 22 heavy (non-hydrogen) atoms. The molecule has 0 aromatic heterocycles. The third-order valence-electron chi connectivity index (χ3n) is 3.63. The van der Waals surface area contributed by atoms with Crippen LogP contribution in [0.1, 0.15) is 19.3 Å². The molecular weight excluding hydrogens is 326 g/mol. The van der Waals surface area contributed by atoms with Crippen LogP contribution in [-0.4, -0.2) is 34.5 Å². The molecule has 0 spiro atoms. The number of halogens is 1. The number of sulfonamides is 1. The van der Waals surface area contributed by atoms with Gasteiger partial charge in [-0.3, -0.25) is 4.79 Å². The highest BCUT2D eigenvalue weighted by molar-refractivity contribution is 7.89. The molecule has 3 N–H and O–H groups in total. The van der Waals surface area contributed by atoms with E-state index in [-0.39, 0.29) is 23.2 Å². The largest absolute Gasteiger partial charge is 0.326 e. The summed E-state index contributed by atoms with van der Waals surface area (Å²) in [4.78, 5) is 12.2. The van der Waals surface area contributed by atoms with Crippen molar-refractivity contribution >= 4 is 34.0 Å². The maximum atomic E-state index is 12.0. The molecule has 1 aliphatic rings. The molecule has 0 bridgehead atoms. The topological polar surface area (TPSA) is 87.3 Å². The van der Waals surface area contributed by atoms with Crippen LogP contribution in [0.25, 0.3) is 0 Å². The van der Waals surface area contributed by atoms with Crippen LogP contribution in [-0.2, 0) is 14.8 Å². The summed E-state index contributed by atoms with van der Waals surface area (Å²) in [6.45, 7) is 1.90. The van der Waals surface area contributed by atoms with Crippen LogP contribution < -0.4 is 15.4 Å². The molecule has 1 aromatic rings. The van der Waals surface area contributed by atoms with Crippen LogP contribution in [0.5, 0.6) is 0 Å². The first-order valence-corrected chi connectivity index (χ1v) is 8.54. The van der Waals surface area contributed by atoms with Gasteiger partial charge in [-0.1, -0.05) is 6.07 Å². The molecule has 1 aliphatic heterocycles. The van der Waals surface area contributed by atoms with E-state index in [1.807, 2.05) is 0 Å². The Bertz CT molecular complexity index is 601. The van der Waals surface area contributed by atoms with Crippen molar-refractivity contribution in [3.8, 4) is 0 Å². The van der Waals surface area contributed by atoms with Crippen LogP contribution in [0.3, 0.4) is 0 Å². The lowest BCUT2D eigenvalue weighted by molar-refractivity contribution is -0.117. The maximum Gasteiger partial charge on any atom is 0.240 e. The van der Waals surface area contributed by atoms with E-state index in [2.05, 4.69) is 15.4 Å². The molecular formula is C14H22ClN3O3S. The van der Waals surface area contributed by atoms with Gasteiger partial charge in [0, 0.05) is 12.1 Å². The molecule has 124 valence electrons. The van der Waals surface area contributed by atoms with Gasteiger partial charge in [0.05, 0.1) is 4.90 Å². The fourth-order valence-corrected chi connectivity index (χ4v) is 3.19. The number of nitrogens with one attached hydrogen (secondary N) is 3. The summed E-state index contributed by atoms with van der Waals surface area (Å²) in [7, 11) is -2.13. The zero-order chi connectivity index (χ0) is 15.3. The first-order chi connectivity index (χ1) is 10.0. The molecule has 0 unspecified atom stereocenters. The Kier molecular flexibility index (Phi) is 7.28. The lowest BCUT2D eigenvalue weighted by atomic mass is 9.94. The minimum absolute atomic E-state index is 0. The molecule has 1 aromatic carbocycles. The Morgan fingerprint density at radius 1 is 1.32 bits per heavy atom. The third-order valence-corrected chi connectivity index (χ3v) is 5.04. The lowest BCUT2D eigenvalue weighted by Gasteiger charge is -2.21. The zero-order valence-corrected chi connectivity index (χ0v) is 14.1. The average molecular weight is 348 g/mol. The molecule has 2 rings (SSSR count). The Morgan fingerprint density at radius 3 is 2.64 bits per heavy atom. The normalized spacial score (nSPS) is 15.9. The van der Waals surface area contributed by atoms with Gasteiger partial charge in [-0.15, -0.1) is 12.4 Å². The number of hydrogen-bond acceptors (Lipinski definition) is 4. The Labute approximate surface area is 137 Å². The number of carbonyl (C=O) groups excluding carboxylic acids is 1. The number of rotatable bonds is 5. The second kappa shape index (κ2) is 8.47. The number of hydrogen-bond donors (Lipinski definition) is 3. The molecule has 6 nitrogen and oxygen atoms in total.